The Labute approximate surface area is 181 Å². The fourth-order valence-electron chi connectivity index (χ4n) is 3.62. The number of carbonyl (C=O) groups is 4. The van der Waals surface area contributed by atoms with Gasteiger partial charge in [-0.15, -0.1) is 0 Å². The van der Waals surface area contributed by atoms with Crippen molar-refractivity contribution in [2.75, 3.05) is 6.54 Å². The molecule has 11 heteroatoms. The van der Waals surface area contributed by atoms with E-state index in [1.54, 1.807) is 6.92 Å². The number of imidazole rings is 1. The Balaban J connectivity index is 2.09. The Hall–Kier alpha value is -2.95. The van der Waals surface area contributed by atoms with Crippen LogP contribution in [0, 0.1) is 5.92 Å². The van der Waals surface area contributed by atoms with Gasteiger partial charge in [0.15, 0.2) is 0 Å². The van der Waals surface area contributed by atoms with E-state index >= 15 is 0 Å². The largest absolute Gasteiger partial charge is 0.480 e. The number of hydrogen-bond donors (Lipinski definition) is 5. The average molecular weight is 437 g/mol. The second-order valence-electron chi connectivity index (χ2n) is 8.35. The number of amides is 3. The number of aliphatic carboxylic acids is 1. The van der Waals surface area contributed by atoms with Crippen LogP contribution in [0.1, 0.15) is 45.7 Å². The number of carboxylic acids is 1. The van der Waals surface area contributed by atoms with E-state index in [-0.39, 0.29) is 18.2 Å². The van der Waals surface area contributed by atoms with Crippen LogP contribution in [0.5, 0.6) is 0 Å². The van der Waals surface area contributed by atoms with Gasteiger partial charge in [-0.3, -0.25) is 14.4 Å². The van der Waals surface area contributed by atoms with E-state index in [1.807, 2.05) is 13.8 Å². The standard InChI is InChI=1S/C20H32N6O5/c1-11(2)7-14(17(27)25-15(20(30)31)8-13-9-22-10-23-13)24-18(28)16-5-4-6-26(16)19(29)12(3)21/h9-12,14-16H,4-8,21H2,1-3H3,(H,22,23)(H,24,28)(H,25,27)(H,30,31). The first-order valence-electron chi connectivity index (χ1n) is 10.5. The van der Waals surface area contributed by atoms with Gasteiger partial charge in [0, 0.05) is 24.9 Å². The van der Waals surface area contributed by atoms with E-state index < -0.39 is 42.0 Å². The number of nitrogens with two attached hydrogens (primary N) is 1. The number of carboxylic acid groups (broad SMARTS) is 1. The first kappa shape index (κ1) is 24.3. The monoisotopic (exact) mass is 436 g/mol. The number of aromatic amines is 1. The molecule has 1 fully saturated rings. The third kappa shape index (κ3) is 6.78. The first-order chi connectivity index (χ1) is 14.6. The number of nitrogens with one attached hydrogen (secondary N) is 3. The highest BCUT2D eigenvalue weighted by atomic mass is 16.4. The van der Waals surface area contributed by atoms with Crippen LogP contribution < -0.4 is 16.4 Å². The van der Waals surface area contributed by atoms with Crippen molar-refractivity contribution < 1.29 is 24.3 Å². The van der Waals surface area contributed by atoms with Crippen LogP contribution in [0.4, 0.5) is 0 Å². The summed E-state index contributed by atoms with van der Waals surface area (Å²) in [6, 6.07) is -3.52. The van der Waals surface area contributed by atoms with Gasteiger partial charge < -0.3 is 31.4 Å². The molecule has 172 valence electrons. The van der Waals surface area contributed by atoms with Crippen LogP contribution in [-0.4, -0.2) is 74.4 Å². The molecule has 11 nitrogen and oxygen atoms in total. The van der Waals surface area contributed by atoms with Crippen molar-refractivity contribution in [2.45, 2.75) is 70.6 Å². The van der Waals surface area contributed by atoms with Crippen LogP contribution in [0.15, 0.2) is 12.5 Å². The van der Waals surface area contributed by atoms with Crippen LogP contribution in [0.3, 0.4) is 0 Å². The molecule has 0 radical (unpaired) electrons. The predicted molar refractivity (Wildman–Crippen MR) is 112 cm³/mol. The van der Waals surface area contributed by atoms with Crippen molar-refractivity contribution in [3.63, 3.8) is 0 Å². The maximum absolute atomic E-state index is 12.9. The van der Waals surface area contributed by atoms with Gasteiger partial charge in [-0.2, -0.15) is 0 Å². The van der Waals surface area contributed by atoms with Gasteiger partial charge in [0.05, 0.1) is 12.4 Å². The second-order valence-corrected chi connectivity index (χ2v) is 8.35. The minimum Gasteiger partial charge on any atom is -0.480 e. The van der Waals surface area contributed by atoms with E-state index in [2.05, 4.69) is 20.6 Å². The topological polar surface area (TPSA) is 171 Å². The summed E-state index contributed by atoms with van der Waals surface area (Å²) in [5.74, 6) is -2.46. The normalized spacial score (nSPS) is 19.0. The highest BCUT2D eigenvalue weighted by molar-refractivity contribution is 5.94. The Morgan fingerprint density at radius 2 is 1.97 bits per heavy atom. The molecule has 4 unspecified atom stereocenters. The molecule has 1 aliphatic heterocycles. The summed E-state index contributed by atoms with van der Waals surface area (Å²) in [4.78, 5) is 57.8. The SMILES string of the molecule is CC(C)CC(NC(=O)C1CCCN1C(=O)C(C)N)C(=O)NC(Cc1cnc[nH]1)C(=O)O. The fourth-order valence-corrected chi connectivity index (χ4v) is 3.62. The zero-order chi connectivity index (χ0) is 23.1. The molecule has 31 heavy (non-hydrogen) atoms. The van der Waals surface area contributed by atoms with Gasteiger partial charge in [-0.25, -0.2) is 9.78 Å². The number of H-pyrrole nitrogens is 1. The number of likely N-dealkylation sites (tertiary alicyclic amines) is 1. The summed E-state index contributed by atoms with van der Waals surface area (Å²) in [7, 11) is 0. The Bertz CT molecular complexity index is 779. The van der Waals surface area contributed by atoms with E-state index in [9.17, 15) is 24.3 Å². The van der Waals surface area contributed by atoms with Gasteiger partial charge in [-0.1, -0.05) is 13.8 Å². The smallest absolute Gasteiger partial charge is 0.326 e. The minimum absolute atomic E-state index is 0.0305. The summed E-state index contributed by atoms with van der Waals surface area (Å²) in [6.07, 6.45) is 4.42. The minimum atomic E-state index is -1.19. The van der Waals surface area contributed by atoms with Crippen molar-refractivity contribution in [1.29, 1.82) is 0 Å². The van der Waals surface area contributed by atoms with Crippen molar-refractivity contribution >= 4 is 23.7 Å². The number of rotatable bonds is 10. The van der Waals surface area contributed by atoms with Crippen molar-refractivity contribution in [3.05, 3.63) is 18.2 Å². The molecule has 4 atom stereocenters. The Kier molecular flexibility index (Phi) is 8.55. The van der Waals surface area contributed by atoms with Gasteiger partial charge in [0.2, 0.25) is 17.7 Å². The highest BCUT2D eigenvalue weighted by Crippen LogP contribution is 2.19. The zero-order valence-electron chi connectivity index (χ0n) is 18.1. The summed E-state index contributed by atoms with van der Waals surface area (Å²) >= 11 is 0. The van der Waals surface area contributed by atoms with Crippen LogP contribution in [-0.2, 0) is 25.6 Å². The van der Waals surface area contributed by atoms with Crippen LogP contribution in [0.2, 0.25) is 0 Å². The molecule has 2 rings (SSSR count). The highest BCUT2D eigenvalue weighted by Gasteiger charge is 2.37. The lowest BCUT2D eigenvalue weighted by Gasteiger charge is -2.28. The molecule has 1 aliphatic rings. The molecule has 3 amide bonds. The molecule has 0 bridgehead atoms. The molecule has 0 saturated carbocycles. The lowest BCUT2D eigenvalue weighted by molar-refractivity contribution is -0.143. The summed E-state index contributed by atoms with van der Waals surface area (Å²) in [6.45, 7) is 5.79. The zero-order valence-corrected chi connectivity index (χ0v) is 18.1. The van der Waals surface area contributed by atoms with E-state index in [4.69, 9.17) is 5.73 Å². The van der Waals surface area contributed by atoms with Crippen molar-refractivity contribution in [2.24, 2.45) is 11.7 Å². The molecular weight excluding hydrogens is 404 g/mol. The van der Waals surface area contributed by atoms with Gasteiger partial charge >= 0.3 is 5.97 Å². The van der Waals surface area contributed by atoms with E-state index in [1.165, 1.54) is 17.4 Å². The maximum Gasteiger partial charge on any atom is 0.326 e. The number of carbonyl (C=O) groups excluding carboxylic acids is 3. The van der Waals surface area contributed by atoms with Gasteiger partial charge in [-0.05, 0) is 32.1 Å². The second kappa shape index (κ2) is 10.9. The maximum atomic E-state index is 12.9. The first-order valence-corrected chi connectivity index (χ1v) is 10.5. The average Bonchev–Trinajstić information content (AvgIpc) is 3.37. The predicted octanol–water partition coefficient (Wildman–Crippen LogP) is -0.609. The Morgan fingerprint density at radius 1 is 1.26 bits per heavy atom. The molecule has 1 aromatic rings. The molecule has 6 N–H and O–H groups in total. The van der Waals surface area contributed by atoms with Gasteiger partial charge in [0.1, 0.15) is 18.1 Å². The van der Waals surface area contributed by atoms with Crippen molar-refractivity contribution in [3.8, 4) is 0 Å². The van der Waals surface area contributed by atoms with E-state index in [0.29, 0.717) is 31.5 Å². The quantitative estimate of drug-likeness (QED) is 0.326. The number of aromatic nitrogens is 2. The molecule has 1 aromatic heterocycles. The Morgan fingerprint density at radius 3 is 2.52 bits per heavy atom. The molecule has 0 aromatic carbocycles. The van der Waals surface area contributed by atoms with Crippen molar-refractivity contribution in [1.82, 2.24) is 25.5 Å². The third-order valence-corrected chi connectivity index (χ3v) is 5.16. The summed E-state index contributed by atoms with van der Waals surface area (Å²) in [5.41, 5.74) is 6.25. The molecule has 1 saturated heterocycles. The molecule has 0 aliphatic carbocycles. The summed E-state index contributed by atoms with van der Waals surface area (Å²) in [5, 5.41) is 14.7. The lowest BCUT2D eigenvalue weighted by atomic mass is 10.0. The molecular formula is C20H32N6O5. The fraction of sp³-hybridized carbons (Fsp3) is 0.650. The molecule has 2 heterocycles. The lowest BCUT2D eigenvalue weighted by Crippen LogP contribution is -2.56. The third-order valence-electron chi connectivity index (χ3n) is 5.16. The number of hydrogen-bond acceptors (Lipinski definition) is 6. The summed E-state index contributed by atoms with van der Waals surface area (Å²) < 4.78 is 0. The van der Waals surface area contributed by atoms with Crippen LogP contribution in [0.25, 0.3) is 0 Å². The van der Waals surface area contributed by atoms with E-state index in [0.717, 1.165) is 0 Å². The van der Waals surface area contributed by atoms with Gasteiger partial charge in [0.25, 0.3) is 0 Å². The molecule has 0 spiro atoms. The number of nitrogens with zero attached hydrogens (tertiary/aromatic N) is 2. The van der Waals surface area contributed by atoms with Crippen LogP contribution >= 0.6 is 0 Å².